The van der Waals surface area contributed by atoms with Crippen molar-refractivity contribution in [2.75, 3.05) is 19.8 Å². The van der Waals surface area contributed by atoms with Gasteiger partial charge in [-0.3, -0.25) is 4.79 Å². The Morgan fingerprint density at radius 3 is 2.39 bits per heavy atom. The van der Waals surface area contributed by atoms with E-state index in [1.807, 2.05) is 6.92 Å². The molecule has 6 heteroatoms. The molecule has 124 valence electrons. The maximum Gasteiger partial charge on any atom is 0.258 e. The third-order valence-corrected chi connectivity index (χ3v) is 3.09. The monoisotopic (exact) mass is 319 g/mol. The maximum absolute atomic E-state index is 11.7. The first-order valence-corrected chi connectivity index (χ1v) is 7.45. The lowest BCUT2D eigenvalue weighted by Gasteiger charge is -2.11. The second-order valence-electron chi connectivity index (χ2n) is 4.96. The number of hydrogen-bond donors (Lipinski definition) is 2. The van der Waals surface area contributed by atoms with Crippen LogP contribution >= 0.6 is 0 Å². The molecule has 23 heavy (non-hydrogen) atoms. The van der Waals surface area contributed by atoms with Gasteiger partial charge in [0.25, 0.3) is 5.91 Å². The quantitative estimate of drug-likeness (QED) is 0.780. The number of nitrogens with one attached hydrogen (secondary N) is 1. The molecule has 1 heterocycles. The molecule has 0 aliphatic heterocycles. The first-order valence-electron chi connectivity index (χ1n) is 7.45. The van der Waals surface area contributed by atoms with Crippen LogP contribution in [0, 0.1) is 6.92 Å². The van der Waals surface area contributed by atoms with Crippen LogP contribution in [-0.4, -0.2) is 30.8 Å². The van der Waals surface area contributed by atoms with Crippen molar-refractivity contribution in [2.24, 2.45) is 0 Å². The summed E-state index contributed by atoms with van der Waals surface area (Å²) in [5.41, 5.74) is 0. The molecule has 0 saturated carbocycles. The number of furan rings is 1. The van der Waals surface area contributed by atoms with Gasteiger partial charge < -0.3 is 24.3 Å². The highest BCUT2D eigenvalue weighted by molar-refractivity contribution is 5.77. The highest BCUT2D eigenvalue weighted by Gasteiger charge is 2.13. The second-order valence-corrected chi connectivity index (χ2v) is 4.96. The van der Waals surface area contributed by atoms with Gasteiger partial charge in [0.15, 0.2) is 6.61 Å². The fourth-order valence-electron chi connectivity index (χ4n) is 1.94. The summed E-state index contributed by atoms with van der Waals surface area (Å²) < 4.78 is 16.0. The molecule has 1 aromatic heterocycles. The molecule has 2 aromatic rings. The third-order valence-electron chi connectivity index (χ3n) is 3.09. The summed E-state index contributed by atoms with van der Waals surface area (Å²) in [6, 6.07) is 10.5. The highest BCUT2D eigenvalue weighted by Crippen LogP contribution is 2.17. The van der Waals surface area contributed by atoms with E-state index in [-0.39, 0.29) is 19.1 Å². The van der Waals surface area contributed by atoms with Crippen LogP contribution in [0.25, 0.3) is 0 Å². The van der Waals surface area contributed by atoms with E-state index in [0.29, 0.717) is 23.9 Å². The minimum atomic E-state index is -0.877. The average Bonchev–Trinajstić information content (AvgIpc) is 2.99. The summed E-state index contributed by atoms with van der Waals surface area (Å²) in [7, 11) is 0. The number of benzene rings is 1. The Labute approximate surface area is 135 Å². The van der Waals surface area contributed by atoms with Crippen molar-refractivity contribution in [2.45, 2.75) is 20.0 Å². The van der Waals surface area contributed by atoms with Crippen molar-refractivity contribution >= 4 is 5.91 Å². The SMILES string of the molecule is CCOc1ccc(OCC(=O)NCC(O)c2ccc(C)o2)cc1. The summed E-state index contributed by atoms with van der Waals surface area (Å²) in [5, 5.41) is 12.5. The van der Waals surface area contributed by atoms with Gasteiger partial charge in [-0.05, 0) is 50.2 Å². The molecule has 0 bridgehead atoms. The number of carbonyl (C=O) groups excluding carboxylic acids is 1. The van der Waals surface area contributed by atoms with Crippen LogP contribution in [0.1, 0.15) is 24.5 Å². The van der Waals surface area contributed by atoms with Crippen molar-refractivity contribution in [3.8, 4) is 11.5 Å². The Kier molecular flexibility index (Phi) is 6.05. The molecule has 0 aliphatic rings. The largest absolute Gasteiger partial charge is 0.494 e. The van der Waals surface area contributed by atoms with E-state index in [4.69, 9.17) is 13.9 Å². The number of aliphatic hydroxyl groups is 1. The van der Waals surface area contributed by atoms with Crippen LogP contribution in [0.15, 0.2) is 40.8 Å². The van der Waals surface area contributed by atoms with Crippen LogP contribution < -0.4 is 14.8 Å². The minimum absolute atomic E-state index is 0.0679. The molecule has 6 nitrogen and oxygen atoms in total. The van der Waals surface area contributed by atoms with Crippen LogP contribution in [0.5, 0.6) is 11.5 Å². The van der Waals surface area contributed by atoms with Gasteiger partial charge in [0, 0.05) is 0 Å². The topological polar surface area (TPSA) is 80.9 Å². The van der Waals surface area contributed by atoms with E-state index in [1.54, 1.807) is 43.3 Å². The Bertz CT molecular complexity index is 620. The van der Waals surface area contributed by atoms with Crippen LogP contribution in [0.3, 0.4) is 0 Å². The smallest absolute Gasteiger partial charge is 0.258 e. The van der Waals surface area contributed by atoms with Crippen molar-refractivity contribution in [1.82, 2.24) is 5.32 Å². The van der Waals surface area contributed by atoms with E-state index >= 15 is 0 Å². The zero-order chi connectivity index (χ0) is 16.7. The molecule has 0 fully saturated rings. The van der Waals surface area contributed by atoms with Crippen LogP contribution in [0.2, 0.25) is 0 Å². The predicted octanol–water partition coefficient (Wildman–Crippen LogP) is 2.22. The van der Waals surface area contributed by atoms with E-state index in [9.17, 15) is 9.90 Å². The zero-order valence-corrected chi connectivity index (χ0v) is 13.2. The average molecular weight is 319 g/mol. The molecule has 1 atom stereocenters. The molecule has 0 aliphatic carbocycles. The molecular formula is C17H21NO5. The minimum Gasteiger partial charge on any atom is -0.494 e. The van der Waals surface area contributed by atoms with E-state index in [1.165, 1.54) is 0 Å². The lowest BCUT2D eigenvalue weighted by molar-refractivity contribution is -0.123. The molecule has 1 unspecified atom stereocenters. The molecular weight excluding hydrogens is 298 g/mol. The molecule has 2 rings (SSSR count). The summed E-state index contributed by atoms with van der Waals surface area (Å²) in [4.78, 5) is 11.7. The Hall–Kier alpha value is -2.47. The number of carbonyl (C=O) groups is 1. The first-order chi connectivity index (χ1) is 11.1. The summed E-state index contributed by atoms with van der Waals surface area (Å²) >= 11 is 0. The number of rotatable bonds is 8. The van der Waals surface area contributed by atoms with Crippen LogP contribution in [0.4, 0.5) is 0 Å². The molecule has 0 spiro atoms. The van der Waals surface area contributed by atoms with Gasteiger partial charge in [0.2, 0.25) is 0 Å². The van der Waals surface area contributed by atoms with Gasteiger partial charge in [-0.15, -0.1) is 0 Å². The van der Waals surface area contributed by atoms with Crippen molar-refractivity contribution in [3.63, 3.8) is 0 Å². The second kappa shape index (κ2) is 8.24. The van der Waals surface area contributed by atoms with Crippen LogP contribution in [-0.2, 0) is 4.79 Å². The molecule has 2 N–H and O–H groups in total. The third kappa shape index (κ3) is 5.34. The summed E-state index contributed by atoms with van der Waals surface area (Å²) in [6.07, 6.45) is -0.877. The molecule has 1 aromatic carbocycles. The van der Waals surface area contributed by atoms with Gasteiger partial charge in [0.05, 0.1) is 13.2 Å². The molecule has 0 radical (unpaired) electrons. The number of aryl methyl sites for hydroxylation is 1. The highest BCUT2D eigenvalue weighted by atomic mass is 16.5. The normalized spacial score (nSPS) is 11.8. The number of amides is 1. The maximum atomic E-state index is 11.7. The number of hydrogen-bond acceptors (Lipinski definition) is 5. The number of aliphatic hydroxyl groups excluding tert-OH is 1. The lowest BCUT2D eigenvalue weighted by Crippen LogP contribution is -2.32. The van der Waals surface area contributed by atoms with Gasteiger partial charge in [-0.2, -0.15) is 0 Å². The predicted molar refractivity (Wildman–Crippen MR) is 84.5 cm³/mol. The summed E-state index contributed by atoms with van der Waals surface area (Å²) in [6.45, 7) is 4.24. The lowest BCUT2D eigenvalue weighted by atomic mass is 10.3. The molecule has 1 amide bonds. The molecule has 0 saturated heterocycles. The van der Waals surface area contributed by atoms with Crippen molar-refractivity contribution in [1.29, 1.82) is 0 Å². The summed E-state index contributed by atoms with van der Waals surface area (Å²) in [5.74, 6) is 2.15. The van der Waals surface area contributed by atoms with Gasteiger partial charge in [0.1, 0.15) is 29.1 Å². The van der Waals surface area contributed by atoms with E-state index in [2.05, 4.69) is 5.32 Å². The van der Waals surface area contributed by atoms with E-state index in [0.717, 1.165) is 5.75 Å². The van der Waals surface area contributed by atoms with Crippen molar-refractivity contribution in [3.05, 3.63) is 47.9 Å². The number of ether oxygens (including phenoxy) is 2. The Balaban J connectivity index is 1.72. The fourth-order valence-corrected chi connectivity index (χ4v) is 1.94. The van der Waals surface area contributed by atoms with E-state index < -0.39 is 6.10 Å². The Morgan fingerprint density at radius 2 is 1.83 bits per heavy atom. The standard InChI is InChI=1S/C17H21NO5/c1-3-21-13-5-7-14(8-6-13)22-11-17(20)18-10-15(19)16-9-4-12(2)23-16/h4-9,15,19H,3,10-11H2,1-2H3,(H,18,20). The van der Waals surface area contributed by atoms with Crippen molar-refractivity contribution < 1.29 is 23.8 Å². The van der Waals surface area contributed by atoms with Gasteiger partial charge in [-0.25, -0.2) is 0 Å². The first kappa shape index (κ1) is 16.9. The Morgan fingerprint density at radius 1 is 1.17 bits per heavy atom. The van der Waals surface area contributed by atoms with Gasteiger partial charge >= 0.3 is 0 Å². The fraction of sp³-hybridized carbons (Fsp3) is 0.353. The van der Waals surface area contributed by atoms with Gasteiger partial charge in [-0.1, -0.05) is 0 Å². The zero-order valence-electron chi connectivity index (χ0n) is 13.2.